The summed E-state index contributed by atoms with van der Waals surface area (Å²) in [7, 11) is 0. The Morgan fingerprint density at radius 3 is 2.76 bits per heavy atom. The Kier molecular flexibility index (Phi) is 3.80. The summed E-state index contributed by atoms with van der Waals surface area (Å²) in [5.74, 6) is 0.592. The number of para-hydroxylation sites is 2. The topological polar surface area (TPSA) is 35.5 Å². The highest BCUT2D eigenvalue weighted by molar-refractivity contribution is 6.31. The molecular formula is C16H12ClFO3. The minimum Gasteiger partial charge on any atom is -0.485 e. The predicted molar refractivity (Wildman–Crippen MR) is 76.5 cm³/mol. The Hall–Kier alpha value is -2.07. The third kappa shape index (κ3) is 3.00. The summed E-state index contributed by atoms with van der Waals surface area (Å²) >= 11 is 5.93. The lowest BCUT2D eigenvalue weighted by molar-refractivity contribution is -0.127. The van der Waals surface area contributed by atoms with E-state index < -0.39 is 11.9 Å². The summed E-state index contributed by atoms with van der Waals surface area (Å²) in [4.78, 5) is 12.3. The predicted octanol–water partition coefficient (Wildman–Crippen LogP) is 3.43. The number of hydrogen-bond donors (Lipinski definition) is 0. The van der Waals surface area contributed by atoms with Crippen molar-refractivity contribution < 1.29 is 18.7 Å². The molecule has 0 bridgehead atoms. The number of carbonyl (C=O) groups is 1. The van der Waals surface area contributed by atoms with Crippen LogP contribution in [0.1, 0.15) is 5.56 Å². The van der Waals surface area contributed by atoms with Crippen molar-refractivity contribution in [3.05, 3.63) is 58.9 Å². The van der Waals surface area contributed by atoms with Crippen LogP contribution >= 0.6 is 11.6 Å². The van der Waals surface area contributed by atoms with Gasteiger partial charge in [0.05, 0.1) is 0 Å². The van der Waals surface area contributed by atoms with Gasteiger partial charge in [0.2, 0.25) is 0 Å². The average molecular weight is 307 g/mol. The number of halogens is 2. The first kappa shape index (κ1) is 13.9. The maximum absolute atomic E-state index is 13.0. The Morgan fingerprint density at radius 1 is 1.24 bits per heavy atom. The number of hydrogen-bond acceptors (Lipinski definition) is 3. The largest absolute Gasteiger partial charge is 0.485 e. The number of rotatable bonds is 3. The van der Waals surface area contributed by atoms with Crippen LogP contribution in [0.3, 0.4) is 0 Å². The van der Waals surface area contributed by atoms with E-state index in [-0.39, 0.29) is 23.8 Å². The standard InChI is InChI=1S/C16H12ClFO3/c17-12-8-11(18)6-5-10(12)7-13(19)16-9-20-14-3-1-2-4-15(14)21-16/h1-6,8,16H,7,9H2. The van der Waals surface area contributed by atoms with Crippen LogP contribution in [0.2, 0.25) is 5.02 Å². The maximum atomic E-state index is 13.0. The zero-order chi connectivity index (χ0) is 14.8. The van der Waals surface area contributed by atoms with Crippen LogP contribution in [0.4, 0.5) is 4.39 Å². The van der Waals surface area contributed by atoms with E-state index in [2.05, 4.69) is 0 Å². The fourth-order valence-electron chi connectivity index (χ4n) is 2.14. The van der Waals surface area contributed by atoms with Crippen molar-refractivity contribution in [1.82, 2.24) is 0 Å². The molecule has 0 amide bonds. The van der Waals surface area contributed by atoms with Gasteiger partial charge in [-0.3, -0.25) is 4.79 Å². The number of fused-ring (bicyclic) bond motifs is 1. The van der Waals surface area contributed by atoms with Crippen molar-refractivity contribution in [2.24, 2.45) is 0 Å². The molecular weight excluding hydrogens is 295 g/mol. The summed E-state index contributed by atoms with van der Waals surface area (Å²) in [6.45, 7) is 0.161. The van der Waals surface area contributed by atoms with Crippen LogP contribution in [0.5, 0.6) is 11.5 Å². The molecule has 0 spiro atoms. The average Bonchev–Trinajstić information content (AvgIpc) is 2.49. The molecule has 0 N–H and O–H groups in total. The van der Waals surface area contributed by atoms with E-state index in [0.29, 0.717) is 17.1 Å². The monoisotopic (exact) mass is 306 g/mol. The molecule has 0 aliphatic carbocycles. The molecule has 1 aliphatic heterocycles. The lowest BCUT2D eigenvalue weighted by Gasteiger charge is -2.25. The van der Waals surface area contributed by atoms with E-state index in [4.69, 9.17) is 21.1 Å². The SMILES string of the molecule is O=C(Cc1ccc(F)cc1Cl)C1COc2ccccc2O1. The van der Waals surface area contributed by atoms with Crippen LogP contribution in [-0.4, -0.2) is 18.5 Å². The first-order chi connectivity index (χ1) is 10.1. The molecule has 0 saturated carbocycles. The van der Waals surface area contributed by atoms with Gasteiger partial charge in [-0.25, -0.2) is 4.39 Å². The van der Waals surface area contributed by atoms with Crippen molar-refractivity contribution in [3.63, 3.8) is 0 Å². The highest BCUT2D eigenvalue weighted by atomic mass is 35.5. The van der Waals surface area contributed by atoms with Crippen molar-refractivity contribution >= 4 is 17.4 Å². The summed E-state index contributed by atoms with van der Waals surface area (Å²) in [6.07, 6.45) is -0.601. The molecule has 1 atom stereocenters. The zero-order valence-corrected chi connectivity index (χ0v) is 11.8. The molecule has 1 heterocycles. The fraction of sp³-hybridized carbons (Fsp3) is 0.188. The van der Waals surface area contributed by atoms with Gasteiger partial charge in [0.15, 0.2) is 23.4 Å². The highest BCUT2D eigenvalue weighted by Gasteiger charge is 2.27. The number of ether oxygens (including phenoxy) is 2. The number of carbonyl (C=O) groups excluding carboxylic acids is 1. The van der Waals surface area contributed by atoms with Gasteiger partial charge in [0.25, 0.3) is 0 Å². The minimum atomic E-state index is -0.680. The van der Waals surface area contributed by atoms with Gasteiger partial charge in [-0.2, -0.15) is 0 Å². The fourth-order valence-corrected chi connectivity index (χ4v) is 2.38. The summed E-state index contributed by atoms with van der Waals surface area (Å²) < 4.78 is 24.1. The second-order valence-electron chi connectivity index (χ2n) is 4.74. The van der Waals surface area contributed by atoms with Crippen molar-refractivity contribution in [1.29, 1.82) is 0 Å². The van der Waals surface area contributed by atoms with Gasteiger partial charge in [0.1, 0.15) is 12.4 Å². The highest BCUT2D eigenvalue weighted by Crippen LogP contribution is 2.31. The molecule has 1 unspecified atom stereocenters. The second-order valence-corrected chi connectivity index (χ2v) is 5.15. The molecule has 1 aliphatic rings. The van der Waals surface area contributed by atoms with Crippen LogP contribution in [0.15, 0.2) is 42.5 Å². The lowest BCUT2D eigenvalue weighted by Crippen LogP contribution is -2.37. The van der Waals surface area contributed by atoms with Crippen LogP contribution in [0, 0.1) is 5.82 Å². The Balaban J connectivity index is 1.72. The molecule has 21 heavy (non-hydrogen) atoms. The van der Waals surface area contributed by atoms with Crippen LogP contribution in [0.25, 0.3) is 0 Å². The molecule has 0 aromatic heterocycles. The normalized spacial score (nSPS) is 16.6. The second kappa shape index (κ2) is 5.74. The van der Waals surface area contributed by atoms with E-state index in [1.54, 1.807) is 12.1 Å². The molecule has 0 saturated heterocycles. The van der Waals surface area contributed by atoms with E-state index in [0.717, 1.165) is 0 Å². The molecule has 3 nitrogen and oxygen atoms in total. The number of ketones is 1. The lowest BCUT2D eigenvalue weighted by atomic mass is 10.0. The van der Waals surface area contributed by atoms with E-state index in [1.165, 1.54) is 18.2 Å². The van der Waals surface area contributed by atoms with Crippen molar-refractivity contribution in [3.8, 4) is 11.5 Å². The van der Waals surface area contributed by atoms with Gasteiger partial charge in [0, 0.05) is 11.4 Å². The number of benzene rings is 2. The van der Waals surface area contributed by atoms with Crippen LogP contribution in [-0.2, 0) is 11.2 Å². The quantitative estimate of drug-likeness (QED) is 0.871. The molecule has 0 radical (unpaired) electrons. The molecule has 2 aromatic rings. The Labute approximate surface area is 126 Å². The Morgan fingerprint density at radius 2 is 2.00 bits per heavy atom. The minimum absolute atomic E-state index is 0.0787. The van der Waals surface area contributed by atoms with Gasteiger partial charge in [-0.05, 0) is 29.8 Å². The van der Waals surface area contributed by atoms with E-state index in [1.807, 2.05) is 12.1 Å². The molecule has 108 valence electrons. The number of Topliss-reactive ketones (excluding diaryl/α,β-unsaturated/α-hetero) is 1. The first-order valence-electron chi connectivity index (χ1n) is 6.48. The molecule has 5 heteroatoms. The zero-order valence-electron chi connectivity index (χ0n) is 11.0. The molecule has 0 fully saturated rings. The maximum Gasteiger partial charge on any atom is 0.191 e. The molecule has 3 rings (SSSR count). The van der Waals surface area contributed by atoms with Crippen LogP contribution < -0.4 is 9.47 Å². The van der Waals surface area contributed by atoms with E-state index in [9.17, 15) is 9.18 Å². The Bertz CT molecular complexity index is 687. The van der Waals surface area contributed by atoms with E-state index >= 15 is 0 Å². The summed E-state index contributed by atoms with van der Waals surface area (Å²) in [5.41, 5.74) is 0.575. The summed E-state index contributed by atoms with van der Waals surface area (Å²) in [5, 5.41) is 0.237. The van der Waals surface area contributed by atoms with Gasteiger partial charge in [-0.15, -0.1) is 0 Å². The van der Waals surface area contributed by atoms with Gasteiger partial charge < -0.3 is 9.47 Å². The van der Waals surface area contributed by atoms with Gasteiger partial charge in [-0.1, -0.05) is 29.8 Å². The summed E-state index contributed by atoms with van der Waals surface area (Å²) in [6, 6.07) is 11.2. The third-order valence-electron chi connectivity index (χ3n) is 3.25. The van der Waals surface area contributed by atoms with Crippen molar-refractivity contribution in [2.45, 2.75) is 12.5 Å². The molecule has 2 aromatic carbocycles. The first-order valence-corrected chi connectivity index (χ1v) is 6.86. The smallest absolute Gasteiger partial charge is 0.191 e. The van der Waals surface area contributed by atoms with Crippen molar-refractivity contribution in [2.75, 3.05) is 6.61 Å². The third-order valence-corrected chi connectivity index (χ3v) is 3.60. The van der Waals surface area contributed by atoms with Gasteiger partial charge >= 0.3 is 0 Å².